The average molecular weight is 300 g/mol. The lowest BCUT2D eigenvalue weighted by Crippen LogP contribution is -1.96. The number of aryl methyl sites for hydroxylation is 2. The molecule has 5 heteroatoms. The van der Waals surface area contributed by atoms with E-state index in [0.29, 0.717) is 16.1 Å². The van der Waals surface area contributed by atoms with E-state index >= 15 is 0 Å². The molecule has 0 bridgehead atoms. The fourth-order valence-electron chi connectivity index (χ4n) is 1.33. The molecule has 1 aromatic heterocycles. The standard InChI is InChI=1S/C12H11BrFNO2/c1-7-8(2)17-12(15-7)6-16-11-5-9(14)3-4-10(11)13/h3-5H,6H2,1-2H3. The Labute approximate surface area is 107 Å². The van der Waals surface area contributed by atoms with Gasteiger partial charge >= 0.3 is 0 Å². The van der Waals surface area contributed by atoms with Crippen LogP contribution in [0.15, 0.2) is 27.1 Å². The van der Waals surface area contributed by atoms with Crippen LogP contribution in [-0.2, 0) is 6.61 Å². The van der Waals surface area contributed by atoms with Crippen molar-refractivity contribution in [1.82, 2.24) is 4.98 Å². The van der Waals surface area contributed by atoms with Crippen LogP contribution < -0.4 is 4.74 Å². The van der Waals surface area contributed by atoms with Crippen molar-refractivity contribution in [3.63, 3.8) is 0 Å². The minimum Gasteiger partial charge on any atom is -0.483 e. The maximum absolute atomic E-state index is 13.0. The molecule has 0 saturated heterocycles. The Balaban J connectivity index is 2.09. The van der Waals surface area contributed by atoms with Gasteiger partial charge in [0.05, 0.1) is 10.2 Å². The lowest BCUT2D eigenvalue weighted by atomic mass is 10.3. The molecule has 1 heterocycles. The van der Waals surface area contributed by atoms with Crippen molar-refractivity contribution in [2.24, 2.45) is 0 Å². The summed E-state index contributed by atoms with van der Waals surface area (Å²) in [6.07, 6.45) is 0. The van der Waals surface area contributed by atoms with Gasteiger partial charge in [0.15, 0.2) is 6.61 Å². The quantitative estimate of drug-likeness (QED) is 0.865. The topological polar surface area (TPSA) is 35.3 Å². The molecule has 90 valence electrons. The molecule has 0 unspecified atom stereocenters. The second-order valence-electron chi connectivity index (χ2n) is 3.61. The summed E-state index contributed by atoms with van der Waals surface area (Å²) in [6.45, 7) is 3.88. The Bertz CT molecular complexity index is 520. The van der Waals surface area contributed by atoms with Gasteiger partial charge in [-0.15, -0.1) is 0 Å². The maximum atomic E-state index is 13.0. The first kappa shape index (κ1) is 12.1. The minimum atomic E-state index is -0.344. The van der Waals surface area contributed by atoms with Crippen LogP contribution >= 0.6 is 15.9 Å². The summed E-state index contributed by atoms with van der Waals surface area (Å²) < 4.78 is 24.5. The van der Waals surface area contributed by atoms with Crippen LogP contribution in [0.3, 0.4) is 0 Å². The van der Waals surface area contributed by atoms with Crippen molar-refractivity contribution in [2.75, 3.05) is 0 Å². The van der Waals surface area contributed by atoms with Crippen LogP contribution in [0.1, 0.15) is 17.3 Å². The number of aromatic nitrogens is 1. The van der Waals surface area contributed by atoms with Gasteiger partial charge in [-0.3, -0.25) is 0 Å². The minimum absolute atomic E-state index is 0.177. The van der Waals surface area contributed by atoms with E-state index in [0.717, 1.165) is 11.5 Å². The van der Waals surface area contributed by atoms with Gasteiger partial charge in [0.2, 0.25) is 5.89 Å². The second kappa shape index (κ2) is 4.87. The van der Waals surface area contributed by atoms with Crippen molar-refractivity contribution >= 4 is 15.9 Å². The monoisotopic (exact) mass is 299 g/mol. The number of halogens is 2. The Hall–Kier alpha value is -1.36. The molecule has 3 nitrogen and oxygen atoms in total. The summed E-state index contributed by atoms with van der Waals surface area (Å²) in [4.78, 5) is 4.18. The van der Waals surface area contributed by atoms with Crippen LogP contribution in [0.5, 0.6) is 5.75 Å². The highest BCUT2D eigenvalue weighted by atomic mass is 79.9. The molecule has 0 aliphatic rings. The molecular weight excluding hydrogens is 289 g/mol. The SMILES string of the molecule is Cc1nc(COc2cc(F)ccc2Br)oc1C. The third-order valence-electron chi connectivity index (χ3n) is 2.32. The van der Waals surface area contributed by atoms with Crippen LogP contribution in [-0.4, -0.2) is 4.98 Å². The fourth-order valence-corrected chi connectivity index (χ4v) is 1.69. The van der Waals surface area contributed by atoms with Gasteiger partial charge in [0.1, 0.15) is 17.3 Å². The number of hydrogen-bond acceptors (Lipinski definition) is 3. The van der Waals surface area contributed by atoms with Gasteiger partial charge in [0, 0.05) is 6.07 Å². The molecule has 2 rings (SSSR count). The predicted octanol–water partition coefficient (Wildman–Crippen LogP) is 3.77. The zero-order chi connectivity index (χ0) is 12.4. The molecule has 0 radical (unpaired) electrons. The first-order valence-corrected chi connectivity index (χ1v) is 5.86. The van der Waals surface area contributed by atoms with Crippen LogP contribution in [0, 0.1) is 19.7 Å². The third-order valence-corrected chi connectivity index (χ3v) is 2.97. The molecular formula is C12H11BrFNO2. The molecule has 0 amide bonds. The molecule has 1 aromatic carbocycles. The average Bonchev–Trinajstić information content (AvgIpc) is 2.60. The van der Waals surface area contributed by atoms with Gasteiger partial charge in [0.25, 0.3) is 0 Å². The van der Waals surface area contributed by atoms with Crippen molar-refractivity contribution in [1.29, 1.82) is 0 Å². The smallest absolute Gasteiger partial charge is 0.232 e. The van der Waals surface area contributed by atoms with Crippen molar-refractivity contribution in [2.45, 2.75) is 20.5 Å². The zero-order valence-corrected chi connectivity index (χ0v) is 11.0. The summed E-state index contributed by atoms with van der Waals surface area (Å²) in [7, 11) is 0. The molecule has 0 spiro atoms. The Kier molecular flexibility index (Phi) is 3.47. The van der Waals surface area contributed by atoms with Gasteiger partial charge < -0.3 is 9.15 Å². The summed E-state index contributed by atoms with van der Waals surface area (Å²) in [5.74, 6) is 1.33. The third kappa shape index (κ3) is 2.85. The highest BCUT2D eigenvalue weighted by molar-refractivity contribution is 9.10. The van der Waals surface area contributed by atoms with Gasteiger partial charge in [-0.05, 0) is 41.9 Å². The Morgan fingerprint density at radius 3 is 2.82 bits per heavy atom. The normalized spacial score (nSPS) is 10.6. The first-order chi connectivity index (χ1) is 8.06. The van der Waals surface area contributed by atoms with E-state index in [1.807, 2.05) is 13.8 Å². The first-order valence-electron chi connectivity index (χ1n) is 5.07. The maximum Gasteiger partial charge on any atom is 0.232 e. The Morgan fingerprint density at radius 2 is 2.18 bits per heavy atom. The number of hydrogen-bond donors (Lipinski definition) is 0. The van der Waals surface area contributed by atoms with E-state index in [1.54, 1.807) is 6.07 Å². The van der Waals surface area contributed by atoms with Crippen molar-refractivity contribution < 1.29 is 13.5 Å². The van der Waals surface area contributed by atoms with E-state index in [1.165, 1.54) is 12.1 Å². The van der Waals surface area contributed by atoms with Crippen molar-refractivity contribution in [3.8, 4) is 5.75 Å². The van der Waals surface area contributed by atoms with E-state index in [9.17, 15) is 4.39 Å². The largest absolute Gasteiger partial charge is 0.483 e. The number of rotatable bonds is 3. The lowest BCUT2D eigenvalue weighted by Gasteiger charge is -2.05. The van der Waals surface area contributed by atoms with Crippen LogP contribution in [0.25, 0.3) is 0 Å². The number of nitrogens with zero attached hydrogens (tertiary/aromatic N) is 1. The van der Waals surface area contributed by atoms with E-state index in [4.69, 9.17) is 9.15 Å². The highest BCUT2D eigenvalue weighted by Gasteiger charge is 2.08. The molecule has 0 fully saturated rings. The second-order valence-corrected chi connectivity index (χ2v) is 4.47. The summed E-state index contributed by atoms with van der Waals surface area (Å²) in [5.41, 5.74) is 0.835. The van der Waals surface area contributed by atoms with Crippen LogP contribution in [0.2, 0.25) is 0 Å². The molecule has 0 N–H and O–H groups in total. The summed E-state index contributed by atoms with van der Waals surface area (Å²) >= 11 is 3.28. The van der Waals surface area contributed by atoms with Crippen molar-refractivity contribution in [3.05, 3.63) is 45.8 Å². The summed E-state index contributed by atoms with van der Waals surface area (Å²) in [6, 6.07) is 4.26. The van der Waals surface area contributed by atoms with E-state index < -0.39 is 0 Å². The molecule has 2 aromatic rings. The van der Waals surface area contributed by atoms with Gasteiger partial charge in [-0.25, -0.2) is 9.37 Å². The number of oxazole rings is 1. The number of benzene rings is 1. The zero-order valence-electron chi connectivity index (χ0n) is 9.46. The molecule has 0 atom stereocenters. The van der Waals surface area contributed by atoms with Gasteiger partial charge in [-0.2, -0.15) is 0 Å². The lowest BCUT2D eigenvalue weighted by molar-refractivity contribution is 0.258. The molecule has 0 aliphatic carbocycles. The molecule has 0 saturated carbocycles. The van der Waals surface area contributed by atoms with E-state index in [2.05, 4.69) is 20.9 Å². The highest BCUT2D eigenvalue weighted by Crippen LogP contribution is 2.26. The number of ether oxygens (including phenoxy) is 1. The van der Waals surface area contributed by atoms with Crippen LogP contribution in [0.4, 0.5) is 4.39 Å². The Morgan fingerprint density at radius 1 is 1.41 bits per heavy atom. The fraction of sp³-hybridized carbons (Fsp3) is 0.250. The predicted molar refractivity (Wildman–Crippen MR) is 64.4 cm³/mol. The van der Waals surface area contributed by atoms with E-state index in [-0.39, 0.29) is 12.4 Å². The summed E-state index contributed by atoms with van der Waals surface area (Å²) in [5, 5.41) is 0. The molecule has 17 heavy (non-hydrogen) atoms. The van der Waals surface area contributed by atoms with Gasteiger partial charge in [-0.1, -0.05) is 0 Å². The molecule has 0 aliphatic heterocycles.